The number of aromatic nitrogens is 2. The van der Waals surface area contributed by atoms with Crippen LogP contribution in [0.1, 0.15) is 11.5 Å². The van der Waals surface area contributed by atoms with Crippen molar-refractivity contribution in [3.8, 4) is 0 Å². The standard InChI is InChI=1S/C14H10F6N4O2/c1-21-10-4-3-8(5-9(10)14(18,19)20)24(7-13(15,16)17)6-11-22-23(2)12(25)26-11/h3-5H,6-7H2,2H3. The highest BCUT2D eigenvalue weighted by atomic mass is 19.4. The molecule has 0 radical (unpaired) electrons. The maximum atomic E-state index is 13.0. The molecule has 0 N–H and O–H groups in total. The van der Waals surface area contributed by atoms with Crippen LogP contribution in [-0.4, -0.2) is 22.5 Å². The molecule has 0 bridgehead atoms. The summed E-state index contributed by atoms with van der Waals surface area (Å²) < 4.78 is 83.0. The lowest BCUT2D eigenvalue weighted by atomic mass is 10.1. The molecule has 6 nitrogen and oxygen atoms in total. The molecule has 2 rings (SSSR count). The highest BCUT2D eigenvalue weighted by molar-refractivity contribution is 5.62. The summed E-state index contributed by atoms with van der Waals surface area (Å²) in [6, 6.07) is 2.18. The summed E-state index contributed by atoms with van der Waals surface area (Å²) in [7, 11) is 1.20. The predicted molar refractivity (Wildman–Crippen MR) is 76.6 cm³/mol. The second-order valence-electron chi connectivity index (χ2n) is 5.17. The first kappa shape index (κ1) is 19.4. The van der Waals surface area contributed by atoms with Crippen molar-refractivity contribution in [2.75, 3.05) is 11.4 Å². The zero-order valence-electron chi connectivity index (χ0n) is 13.0. The fraction of sp³-hybridized carbons (Fsp3) is 0.357. The Kier molecular flexibility index (Phi) is 5.02. The molecule has 0 spiro atoms. The Morgan fingerprint density at radius 1 is 1.27 bits per heavy atom. The largest absolute Gasteiger partial charge is 0.436 e. The first-order valence-electron chi connectivity index (χ1n) is 6.84. The van der Waals surface area contributed by atoms with E-state index in [9.17, 15) is 31.1 Å². The zero-order chi connectivity index (χ0) is 19.7. The third kappa shape index (κ3) is 4.56. The van der Waals surface area contributed by atoms with E-state index in [1.165, 1.54) is 7.05 Å². The molecule has 1 heterocycles. The molecule has 0 aliphatic heterocycles. The summed E-state index contributed by atoms with van der Waals surface area (Å²) in [5.41, 5.74) is -2.55. The van der Waals surface area contributed by atoms with Crippen LogP contribution in [0.4, 0.5) is 37.7 Å². The number of halogens is 6. The van der Waals surface area contributed by atoms with Crippen LogP contribution in [0.25, 0.3) is 4.85 Å². The lowest BCUT2D eigenvalue weighted by Gasteiger charge is -2.25. The lowest BCUT2D eigenvalue weighted by Crippen LogP contribution is -2.34. The SMILES string of the molecule is [C-]#[N+]c1ccc(N(Cc2nn(C)c(=O)o2)CC(F)(F)F)cc1C(F)(F)F. The Labute approximate surface area is 142 Å². The Morgan fingerprint density at radius 3 is 2.38 bits per heavy atom. The fourth-order valence-electron chi connectivity index (χ4n) is 2.12. The van der Waals surface area contributed by atoms with Crippen molar-refractivity contribution in [2.24, 2.45) is 7.05 Å². The Bertz CT molecular complexity index is 891. The van der Waals surface area contributed by atoms with Crippen LogP contribution in [0.15, 0.2) is 27.4 Å². The second kappa shape index (κ2) is 6.74. The van der Waals surface area contributed by atoms with Crippen LogP contribution >= 0.6 is 0 Å². The summed E-state index contributed by atoms with van der Waals surface area (Å²) in [6.07, 6.45) is -9.66. The van der Waals surface area contributed by atoms with Crippen LogP contribution < -0.4 is 10.7 Å². The van der Waals surface area contributed by atoms with Crippen molar-refractivity contribution in [2.45, 2.75) is 18.9 Å². The number of hydrogen-bond donors (Lipinski definition) is 0. The molecular weight excluding hydrogens is 370 g/mol. The van der Waals surface area contributed by atoms with Crippen molar-refractivity contribution in [1.82, 2.24) is 9.78 Å². The maximum absolute atomic E-state index is 13.0. The van der Waals surface area contributed by atoms with Gasteiger partial charge in [-0.05, 0) is 12.1 Å². The highest BCUT2D eigenvalue weighted by Gasteiger charge is 2.36. The van der Waals surface area contributed by atoms with E-state index in [0.717, 1.165) is 16.8 Å². The number of anilines is 1. The van der Waals surface area contributed by atoms with Gasteiger partial charge >= 0.3 is 18.1 Å². The molecule has 0 aliphatic rings. The molecule has 1 aromatic heterocycles. The van der Waals surface area contributed by atoms with Gasteiger partial charge in [-0.3, -0.25) is 0 Å². The van der Waals surface area contributed by atoms with Gasteiger partial charge in [-0.2, -0.15) is 31.0 Å². The van der Waals surface area contributed by atoms with Crippen LogP contribution in [-0.2, 0) is 19.8 Å². The average molecular weight is 380 g/mol. The molecular formula is C14H10F6N4O2. The summed E-state index contributed by atoms with van der Waals surface area (Å²) >= 11 is 0. The normalized spacial score (nSPS) is 12.1. The minimum Gasteiger partial charge on any atom is -0.390 e. The van der Waals surface area contributed by atoms with Crippen LogP contribution in [0.2, 0.25) is 0 Å². The van der Waals surface area contributed by atoms with Crippen molar-refractivity contribution in [3.63, 3.8) is 0 Å². The summed E-state index contributed by atoms with van der Waals surface area (Å²) in [5, 5.41) is 3.57. The van der Waals surface area contributed by atoms with E-state index in [-0.39, 0.29) is 0 Å². The molecule has 2 aromatic rings. The van der Waals surface area contributed by atoms with E-state index >= 15 is 0 Å². The summed E-state index contributed by atoms with van der Waals surface area (Å²) in [4.78, 5) is 14.5. The summed E-state index contributed by atoms with van der Waals surface area (Å²) in [5.74, 6) is -1.32. The van der Waals surface area contributed by atoms with Gasteiger partial charge in [-0.1, -0.05) is 6.07 Å². The van der Waals surface area contributed by atoms with Gasteiger partial charge in [0.2, 0.25) is 5.89 Å². The number of alkyl halides is 6. The van der Waals surface area contributed by atoms with Gasteiger partial charge in [-0.25, -0.2) is 9.64 Å². The highest BCUT2D eigenvalue weighted by Crippen LogP contribution is 2.39. The van der Waals surface area contributed by atoms with Gasteiger partial charge in [0.05, 0.1) is 18.7 Å². The van der Waals surface area contributed by atoms with Crippen LogP contribution in [0.5, 0.6) is 0 Å². The second-order valence-corrected chi connectivity index (χ2v) is 5.17. The monoisotopic (exact) mass is 380 g/mol. The fourth-order valence-corrected chi connectivity index (χ4v) is 2.12. The van der Waals surface area contributed by atoms with Crippen LogP contribution in [0.3, 0.4) is 0 Å². The van der Waals surface area contributed by atoms with E-state index < -0.39 is 54.0 Å². The van der Waals surface area contributed by atoms with Crippen molar-refractivity contribution < 1.29 is 30.8 Å². The van der Waals surface area contributed by atoms with E-state index in [2.05, 4.69) is 14.4 Å². The van der Waals surface area contributed by atoms with Gasteiger partial charge in [0.1, 0.15) is 6.54 Å². The third-order valence-electron chi connectivity index (χ3n) is 3.20. The van der Waals surface area contributed by atoms with E-state index in [1.807, 2.05) is 0 Å². The number of hydrogen-bond acceptors (Lipinski definition) is 4. The third-order valence-corrected chi connectivity index (χ3v) is 3.20. The van der Waals surface area contributed by atoms with Gasteiger partial charge in [0.15, 0.2) is 5.69 Å². The molecule has 0 atom stereocenters. The molecule has 0 amide bonds. The average Bonchev–Trinajstić information content (AvgIpc) is 2.81. The molecule has 1 aromatic carbocycles. The number of nitrogens with zero attached hydrogens (tertiary/aromatic N) is 4. The number of aryl methyl sites for hydroxylation is 1. The van der Waals surface area contributed by atoms with Gasteiger partial charge in [0.25, 0.3) is 0 Å². The topological polar surface area (TPSA) is 55.6 Å². The van der Waals surface area contributed by atoms with E-state index in [4.69, 9.17) is 6.57 Å². The smallest absolute Gasteiger partial charge is 0.390 e. The molecule has 0 saturated heterocycles. The van der Waals surface area contributed by atoms with Gasteiger partial charge in [0, 0.05) is 12.7 Å². The Hall–Kier alpha value is -2.97. The zero-order valence-corrected chi connectivity index (χ0v) is 13.0. The maximum Gasteiger partial charge on any atom is 0.436 e. The molecule has 140 valence electrons. The molecule has 0 saturated carbocycles. The van der Waals surface area contributed by atoms with Gasteiger partial charge in [-0.15, -0.1) is 5.10 Å². The number of rotatable bonds is 4. The lowest BCUT2D eigenvalue weighted by molar-refractivity contribution is -0.136. The molecule has 26 heavy (non-hydrogen) atoms. The van der Waals surface area contributed by atoms with Crippen molar-refractivity contribution in [3.05, 3.63) is 51.6 Å². The van der Waals surface area contributed by atoms with Crippen molar-refractivity contribution >= 4 is 11.4 Å². The van der Waals surface area contributed by atoms with E-state index in [1.54, 1.807) is 0 Å². The van der Waals surface area contributed by atoms with E-state index in [0.29, 0.717) is 11.0 Å². The minimum atomic E-state index is -4.92. The quantitative estimate of drug-likeness (QED) is 0.602. The van der Waals surface area contributed by atoms with Gasteiger partial charge < -0.3 is 9.32 Å². The Morgan fingerprint density at radius 2 is 1.92 bits per heavy atom. The molecule has 0 fully saturated rings. The summed E-state index contributed by atoms with van der Waals surface area (Å²) in [6.45, 7) is 4.46. The van der Waals surface area contributed by atoms with Crippen molar-refractivity contribution in [1.29, 1.82) is 0 Å². The molecule has 0 unspecified atom stereocenters. The number of benzene rings is 1. The minimum absolute atomic E-state index is 0.399. The molecule has 0 aliphatic carbocycles. The predicted octanol–water partition coefficient (Wildman–Crippen LogP) is 3.51. The molecule has 12 heteroatoms. The first-order chi connectivity index (χ1) is 11.9. The van der Waals surface area contributed by atoms with Crippen LogP contribution in [0, 0.1) is 6.57 Å². The first-order valence-corrected chi connectivity index (χ1v) is 6.84. The Balaban J connectivity index is 2.48.